The number of rotatable bonds is 7. The molecular weight excluding hydrogens is 806 g/mol. The number of nitrogens with one attached hydrogen (secondary N) is 2. The van der Waals surface area contributed by atoms with Crippen LogP contribution in [-0.4, -0.2) is 78.8 Å². The summed E-state index contributed by atoms with van der Waals surface area (Å²) in [7, 11) is 1.61. The molecule has 0 saturated heterocycles. The minimum Gasteiger partial charge on any atom is -0.497 e. The van der Waals surface area contributed by atoms with Gasteiger partial charge in [-0.2, -0.15) is 10.2 Å². The largest absolute Gasteiger partial charge is 0.497 e. The molecule has 10 rings (SSSR count). The van der Waals surface area contributed by atoms with Gasteiger partial charge in [0.05, 0.1) is 54.2 Å². The third kappa shape index (κ3) is 6.87. The van der Waals surface area contributed by atoms with E-state index in [9.17, 15) is 22.8 Å². The average molecular weight is 841 g/mol. The van der Waals surface area contributed by atoms with Gasteiger partial charge in [0.15, 0.2) is 22.9 Å². The van der Waals surface area contributed by atoms with Crippen LogP contribution in [0.2, 0.25) is 0 Å². The van der Waals surface area contributed by atoms with Gasteiger partial charge in [-0.1, -0.05) is 24.3 Å². The number of carbonyl (C=O) groups excluding carboxylic acids is 2. The molecule has 0 radical (unpaired) electrons. The van der Waals surface area contributed by atoms with Gasteiger partial charge in [-0.3, -0.25) is 9.59 Å². The Balaban J connectivity index is 0.000000158. The van der Waals surface area contributed by atoms with Crippen LogP contribution < -0.4 is 15.4 Å². The summed E-state index contributed by atoms with van der Waals surface area (Å²) in [6.07, 6.45) is 2.21. The van der Waals surface area contributed by atoms with Crippen molar-refractivity contribution < 1.29 is 27.5 Å². The second-order valence-electron chi connectivity index (χ2n) is 15.8. The van der Waals surface area contributed by atoms with Crippen LogP contribution in [0.4, 0.5) is 24.8 Å². The number of nitrogens with zero attached hydrogens (tertiary/aromatic N) is 12. The van der Waals surface area contributed by atoms with Crippen LogP contribution in [0, 0.1) is 24.4 Å². The topological polar surface area (TPSA) is 206 Å². The van der Waals surface area contributed by atoms with Crippen LogP contribution in [-0.2, 0) is 33.5 Å². The lowest BCUT2D eigenvalue weighted by molar-refractivity contribution is -0.120. The SMILES string of the molecule is COc1ccc(Cn2nc(-c3nnc4c(n3)NC(=O)C4(C)C)c3cc(F)cnc32)cc1.Cc1ccc(Cn2nc(-c3nnc4c(n3)NC(=O)C4(C)C)c3cc(F)cnc32)c(F)c1. The molecule has 2 amide bonds. The number of aryl methyl sites for hydroxylation is 1. The number of hydrogen-bond acceptors (Lipinski definition) is 13. The van der Waals surface area contributed by atoms with Gasteiger partial charge in [0.25, 0.3) is 0 Å². The van der Waals surface area contributed by atoms with E-state index in [1.165, 1.54) is 22.9 Å². The molecule has 312 valence electrons. The van der Waals surface area contributed by atoms with E-state index in [0.717, 1.165) is 29.3 Å². The molecule has 6 aromatic heterocycles. The molecule has 0 bridgehead atoms. The maximum atomic E-state index is 14.4. The Kier molecular flexibility index (Phi) is 9.44. The zero-order valence-corrected chi connectivity index (χ0v) is 34.0. The molecule has 8 aromatic rings. The van der Waals surface area contributed by atoms with Crippen molar-refractivity contribution in [2.24, 2.45) is 0 Å². The van der Waals surface area contributed by atoms with E-state index in [4.69, 9.17) is 4.74 Å². The van der Waals surface area contributed by atoms with Crippen molar-refractivity contribution in [1.29, 1.82) is 0 Å². The van der Waals surface area contributed by atoms with Gasteiger partial charge < -0.3 is 15.4 Å². The summed E-state index contributed by atoms with van der Waals surface area (Å²) >= 11 is 0. The molecule has 62 heavy (non-hydrogen) atoms. The molecule has 8 heterocycles. The van der Waals surface area contributed by atoms with Crippen molar-refractivity contribution in [3.05, 3.63) is 113 Å². The van der Waals surface area contributed by atoms with Crippen molar-refractivity contribution in [2.75, 3.05) is 17.7 Å². The fraction of sp³-hybridized carbons (Fsp3) is 0.238. The van der Waals surface area contributed by atoms with E-state index in [2.05, 4.69) is 61.2 Å². The summed E-state index contributed by atoms with van der Waals surface area (Å²) < 4.78 is 50.7. The number of amides is 2. The zero-order chi connectivity index (χ0) is 43.7. The van der Waals surface area contributed by atoms with Crippen molar-refractivity contribution in [3.63, 3.8) is 0 Å². The predicted molar refractivity (Wildman–Crippen MR) is 218 cm³/mol. The molecule has 17 nitrogen and oxygen atoms in total. The number of benzene rings is 2. The Labute approximate surface area is 349 Å². The highest BCUT2D eigenvalue weighted by atomic mass is 19.1. The number of methoxy groups -OCH3 is 1. The number of aromatic nitrogens is 12. The summed E-state index contributed by atoms with van der Waals surface area (Å²) in [5, 5.41) is 32.0. The predicted octanol–water partition coefficient (Wildman–Crippen LogP) is 5.86. The third-order valence-electron chi connectivity index (χ3n) is 10.7. The van der Waals surface area contributed by atoms with Crippen LogP contribution >= 0.6 is 0 Å². The smallest absolute Gasteiger partial charge is 0.237 e. The van der Waals surface area contributed by atoms with Crippen molar-refractivity contribution in [3.8, 4) is 28.8 Å². The Morgan fingerprint density at radius 2 is 1.16 bits per heavy atom. The Hall–Kier alpha value is -7.77. The van der Waals surface area contributed by atoms with Gasteiger partial charge in [-0.05, 0) is 76.1 Å². The monoisotopic (exact) mass is 840 g/mol. The second-order valence-corrected chi connectivity index (χ2v) is 15.8. The molecular formula is C42H35F3N14O3. The Bertz CT molecular complexity index is 3130. The molecule has 2 aliphatic rings. The van der Waals surface area contributed by atoms with Crippen molar-refractivity contribution in [2.45, 2.75) is 58.5 Å². The molecule has 0 atom stereocenters. The lowest BCUT2D eigenvalue weighted by Crippen LogP contribution is -2.27. The maximum absolute atomic E-state index is 14.4. The average Bonchev–Trinajstić information content (AvgIpc) is 3.92. The Morgan fingerprint density at radius 3 is 1.65 bits per heavy atom. The number of pyridine rings is 2. The first kappa shape index (κ1) is 39.7. The number of halogens is 3. The number of ether oxygens (including phenoxy) is 1. The lowest BCUT2D eigenvalue weighted by atomic mass is 9.91. The van der Waals surface area contributed by atoms with Crippen LogP contribution in [0.5, 0.6) is 5.75 Å². The molecule has 2 aliphatic heterocycles. The highest BCUT2D eigenvalue weighted by Crippen LogP contribution is 2.37. The van der Waals surface area contributed by atoms with E-state index >= 15 is 0 Å². The molecule has 0 unspecified atom stereocenters. The first-order chi connectivity index (χ1) is 29.6. The van der Waals surface area contributed by atoms with Gasteiger partial charge in [-0.25, -0.2) is 42.5 Å². The minimum absolute atomic E-state index is 0.0867. The fourth-order valence-electron chi connectivity index (χ4n) is 7.08. The number of anilines is 2. The first-order valence-corrected chi connectivity index (χ1v) is 19.2. The normalized spacial score (nSPS) is 14.6. The van der Waals surface area contributed by atoms with E-state index in [0.29, 0.717) is 57.1 Å². The van der Waals surface area contributed by atoms with Crippen LogP contribution in [0.1, 0.15) is 55.8 Å². The molecule has 20 heteroatoms. The van der Waals surface area contributed by atoms with Gasteiger partial charge in [-0.15, -0.1) is 20.4 Å². The zero-order valence-electron chi connectivity index (χ0n) is 34.0. The van der Waals surface area contributed by atoms with E-state index in [1.807, 2.05) is 24.3 Å². The summed E-state index contributed by atoms with van der Waals surface area (Å²) in [6, 6.07) is 15.1. The van der Waals surface area contributed by atoms with E-state index < -0.39 is 22.5 Å². The van der Waals surface area contributed by atoms with Crippen LogP contribution in [0.15, 0.2) is 67.0 Å². The van der Waals surface area contributed by atoms with Crippen LogP contribution in [0.25, 0.3) is 45.1 Å². The summed E-state index contributed by atoms with van der Waals surface area (Å²) in [5.41, 5.74) is 2.81. The van der Waals surface area contributed by atoms with Gasteiger partial charge >= 0.3 is 0 Å². The molecule has 0 saturated carbocycles. The molecule has 0 aliphatic carbocycles. The number of carbonyl (C=O) groups is 2. The van der Waals surface area contributed by atoms with Crippen molar-refractivity contribution in [1.82, 2.24) is 59.9 Å². The fourth-order valence-corrected chi connectivity index (χ4v) is 7.08. The standard InChI is InChI=1S/C21H17F2N7O.C21H18FN7O2/c1-10-4-5-11(14(23)6-10)9-30-19-13(7-12(22)8-24-19)15(29-30)17-25-18-16(27-28-17)21(2,3)20(31)26-18;1-21(2)16-18(25-20(21)30)24-17(27-26-16)15-14-8-12(22)9-23-19(14)29(28-15)10-11-4-6-13(31-3)7-5-11/h4-8H,9H2,1-3H3,(H,25,26,28,31);4-9H,10H2,1-3H3,(H,24,25,27,30). The second kappa shape index (κ2) is 14.7. The lowest BCUT2D eigenvalue weighted by Gasteiger charge is -2.11. The van der Waals surface area contributed by atoms with E-state index in [-0.39, 0.29) is 47.3 Å². The molecule has 2 N–H and O–H groups in total. The number of hydrogen-bond donors (Lipinski definition) is 2. The highest BCUT2D eigenvalue weighted by molar-refractivity contribution is 6.05. The summed E-state index contributed by atoms with van der Waals surface area (Å²) in [4.78, 5) is 41.6. The maximum Gasteiger partial charge on any atom is 0.237 e. The van der Waals surface area contributed by atoms with Gasteiger partial charge in [0, 0.05) is 5.56 Å². The van der Waals surface area contributed by atoms with Gasteiger partial charge in [0.2, 0.25) is 23.5 Å². The summed E-state index contributed by atoms with van der Waals surface area (Å²) in [5.74, 6) is -0.202. The molecule has 0 spiro atoms. The quantitative estimate of drug-likeness (QED) is 0.193. The number of fused-ring (bicyclic) bond motifs is 4. The molecule has 2 aromatic carbocycles. The van der Waals surface area contributed by atoms with Gasteiger partial charge in [0.1, 0.15) is 46.0 Å². The third-order valence-corrected chi connectivity index (χ3v) is 10.7. The van der Waals surface area contributed by atoms with Crippen LogP contribution in [0.3, 0.4) is 0 Å². The van der Waals surface area contributed by atoms with E-state index in [1.54, 1.807) is 58.5 Å². The first-order valence-electron chi connectivity index (χ1n) is 19.2. The summed E-state index contributed by atoms with van der Waals surface area (Å²) in [6.45, 7) is 9.25. The highest BCUT2D eigenvalue weighted by Gasteiger charge is 2.43. The van der Waals surface area contributed by atoms with Crippen molar-refractivity contribution >= 4 is 45.5 Å². The minimum atomic E-state index is -0.855. The molecule has 0 fully saturated rings. The Morgan fingerprint density at radius 1 is 0.661 bits per heavy atom.